The minimum atomic E-state index is -3.66. The average Bonchev–Trinajstić information content (AvgIpc) is 2.69. The number of aryl methyl sites for hydroxylation is 1. The highest BCUT2D eigenvalue weighted by Crippen LogP contribution is 2.22. The highest BCUT2D eigenvalue weighted by molar-refractivity contribution is 7.89. The zero-order valence-corrected chi connectivity index (χ0v) is 17.3. The molecule has 2 aromatic carbocycles. The molecule has 9 heteroatoms. The predicted molar refractivity (Wildman–Crippen MR) is 108 cm³/mol. The minimum absolute atomic E-state index is 0.0369. The number of benzene rings is 2. The second kappa shape index (κ2) is 9.53. The van der Waals surface area contributed by atoms with Crippen molar-refractivity contribution in [1.82, 2.24) is 4.31 Å². The van der Waals surface area contributed by atoms with Gasteiger partial charge in [-0.2, -0.15) is 4.31 Å². The van der Waals surface area contributed by atoms with Crippen molar-refractivity contribution in [2.24, 2.45) is 0 Å². The highest BCUT2D eigenvalue weighted by Gasteiger charge is 2.22. The monoisotopic (exact) mass is 420 g/mol. The fraction of sp³-hybridized carbons (Fsp3) is 0.300. The van der Waals surface area contributed by atoms with Crippen LogP contribution in [0.1, 0.15) is 29.8 Å². The van der Waals surface area contributed by atoms with Crippen LogP contribution in [0.3, 0.4) is 0 Å². The zero-order chi connectivity index (χ0) is 21.6. The molecule has 1 amide bonds. The molecule has 0 fully saturated rings. The van der Waals surface area contributed by atoms with Crippen molar-refractivity contribution in [2.45, 2.75) is 25.7 Å². The van der Waals surface area contributed by atoms with Crippen molar-refractivity contribution in [1.29, 1.82) is 0 Å². The van der Waals surface area contributed by atoms with E-state index in [2.05, 4.69) is 5.32 Å². The second-order valence-electron chi connectivity index (χ2n) is 6.21. The molecule has 8 nitrogen and oxygen atoms in total. The molecule has 0 saturated carbocycles. The van der Waals surface area contributed by atoms with Crippen LogP contribution in [0.4, 0.5) is 5.69 Å². The lowest BCUT2D eigenvalue weighted by molar-refractivity contribution is -0.119. The van der Waals surface area contributed by atoms with Crippen LogP contribution >= 0.6 is 0 Å². The van der Waals surface area contributed by atoms with E-state index in [4.69, 9.17) is 4.74 Å². The molecule has 2 aromatic rings. The molecule has 0 unspecified atom stereocenters. The number of rotatable bonds is 8. The van der Waals surface area contributed by atoms with Crippen LogP contribution in [0.25, 0.3) is 0 Å². The number of nitrogens with one attached hydrogen (secondary N) is 1. The highest BCUT2D eigenvalue weighted by atomic mass is 32.2. The van der Waals surface area contributed by atoms with Gasteiger partial charge in [-0.1, -0.05) is 32.0 Å². The van der Waals surface area contributed by atoms with E-state index in [0.29, 0.717) is 18.7 Å². The molecular weight excluding hydrogens is 396 g/mol. The Morgan fingerprint density at radius 1 is 1.10 bits per heavy atom. The molecule has 0 aliphatic heterocycles. The Kier molecular flexibility index (Phi) is 7.35. The van der Waals surface area contributed by atoms with Gasteiger partial charge in [-0.05, 0) is 36.8 Å². The van der Waals surface area contributed by atoms with Gasteiger partial charge in [0, 0.05) is 18.8 Å². The Bertz CT molecular complexity index is 1000. The number of sulfonamides is 1. The van der Waals surface area contributed by atoms with Crippen molar-refractivity contribution >= 4 is 27.6 Å². The summed E-state index contributed by atoms with van der Waals surface area (Å²) in [5, 5.41) is 12.4. The molecule has 0 aliphatic carbocycles. The Hall–Kier alpha value is -2.91. The number of phenols is 1. The van der Waals surface area contributed by atoms with E-state index in [1.165, 1.54) is 34.6 Å². The Morgan fingerprint density at radius 3 is 2.41 bits per heavy atom. The predicted octanol–water partition coefficient (Wildman–Crippen LogP) is 2.53. The summed E-state index contributed by atoms with van der Waals surface area (Å²) in [5.41, 5.74) is 0.734. The maximum atomic E-state index is 12.6. The number of phenolic OH excluding ortho intramolecular Hbond substituents is 1. The first-order valence-corrected chi connectivity index (χ1v) is 10.5. The first-order chi connectivity index (χ1) is 13.7. The summed E-state index contributed by atoms with van der Waals surface area (Å²) in [4.78, 5) is 24.2. The lowest BCUT2D eigenvalue weighted by Crippen LogP contribution is -2.30. The number of ether oxygens (including phenoxy) is 1. The van der Waals surface area contributed by atoms with Crippen molar-refractivity contribution in [3.63, 3.8) is 0 Å². The molecule has 0 radical (unpaired) electrons. The quantitative estimate of drug-likeness (QED) is 0.635. The van der Waals surface area contributed by atoms with E-state index < -0.39 is 28.5 Å². The van der Waals surface area contributed by atoms with Crippen molar-refractivity contribution < 1.29 is 27.9 Å². The van der Waals surface area contributed by atoms with E-state index in [1.807, 2.05) is 0 Å². The van der Waals surface area contributed by atoms with Gasteiger partial charge in [0.15, 0.2) is 6.61 Å². The third kappa shape index (κ3) is 5.33. The van der Waals surface area contributed by atoms with Gasteiger partial charge in [-0.15, -0.1) is 0 Å². The second-order valence-corrected chi connectivity index (χ2v) is 8.15. The van der Waals surface area contributed by atoms with Gasteiger partial charge in [0.05, 0.1) is 4.90 Å². The van der Waals surface area contributed by atoms with E-state index >= 15 is 0 Å². The molecular formula is C20H24N2O6S. The fourth-order valence-electron chi connectivity index (χ4n) is 2.68. The lowest BCUT2D eigenvalue weighted by atomic mass is 10.1. The van der Waals surface area contributed by atoms with E-state index in [1.54, 1.807) is 32.9 Å². The molecule has 2 rings (SSSR count). The van der Waals surface area contributed by atoms with Gasteiger partial charge in [0.25, 0.3) is 5.91 Å². The van der Waals surface area contributed by atoms with Crippen LogP contribution in [0.5, 0.6) is 5.75 Å². The van der Waals surface area contributed by atoms with E-state index in [9.17, 15) is 23.1 Å². The average molecular weight is 420 g/mol. The van der Waals surface area contributed by atoms with Crippen molar-refractivity contribution in [2.75, 3.05) is 25.0 Å². The first-order valence-electron chi connectivity index (χ1n) is 9.06. The maximum absolute atomic E-state index is 12.6. The topological polar surface area (TPSA) is 113 Å². The third-order valence-corrected chi connectivity index (χ3v) is 6.30. The molecule has 29 heavy (non-hydrogen) atoms. The number of aromatic hydroxyl groups is 1. The molecule has 0 spiro atoms. The Morgan fingerprint density at radius 2 is 1.76 bits per heavy atom. The standard InChI is InChI=1S/C20H24N2O6S/c1-4-22(5-2)29(26,27)16-10-7-9-15(12-16)21-18(23)13-28-20(25)17-11-6-8-14(3)19(17)24/h6-12,24H,4-5,13H2,1-3H3,(H,21,23). The summed E-state index contributed by atoms with van der Waals surface area (Å²) in [6.45, 7) is 5.20. The molecule has 0 heterocycles. The summed E-state index contributed by atoms with van der Waals surface area (Å²) >= 11 is 0. The Labute approximate surface area is 170 Å². The third-order valence-electron chi connectivity index (χ3n) is 4.25. The van der Waals surface area contributed by atoms with Crippen LogP contribution < -0.4 is 5.32 Å². The lowest BCUT2D eigenvalue weighted by Gasteiger charge is -2.18. The largest absolute Gasteiger partial charge is 0.507 e. The number of anilines is 1. The van der Waals surface area contributed by atoms with Gasteiger partial charge in [0.2, 0.25) is 10.0 Å². The number of hydrogen-bond acceptors (Lipinski definition) is 6. The number of carbonyl (C=O) groups excluding carboxylic acids is 2. The number of nitrogens with zero attached hydrogens (tertiary/aromatic N) is 1. The maximum Gasteiger partial charge on any atom is 0.342 e. The van der Waals surface area contributed by atoms with Crippen LogP contribution in [0.2, 0.25) is 0 Å². The number of hydrogen-bond donors (Lipinski definition) is 2. The van der Waals surface area contributed by atoms with Crippen LogP contribution in [0.15, 0.2) is 47.4 Å². The van der Waals surface area contributed by atoms with Gasteiger partial charge in [0.1, 0.15) is 11.3 Å². The molecule has 0 aromatic heterocycles. The van der Waals surface area contributed by atoms with Gasteiger partial charge >= 0.3 is 5.97 Å². The smallest absolute Gasteiger partial charge is 0.342 e. The molecule has 156 valence electrons. The number of esters is 1. The molecule has 0 bridgehead atoms. The van der Waals surface area contributed by atoms with Gasteiger partial charge < -0.3 is 15.2 Å². The van der Waals surface area contributed by atoms with E-state index in [-0.39, 0.29) is 21.9 Å². The molecule has 2 N–H and O–H groups in total. The first kappa shape index (κ1) is 22.4. The van der Waals surface area contributed by atoms with Crippen molar-refractivity contribution in [3.8, 4) is 5.75 Å². The summed E-state index contributed by atoms with van der Waals surface area (Å²) in [6.07, 6.45) is 0. The summed E-state index contributed by atoms with van der Waals surface area (Å²) < 4.78 is 31.4. The normalized spacial score (nSPS) is 11.3. The SMILES string of the molecule is CCN(CC)S(=O)(=O)c1cccc(NC(=O)COC(=O)c2cccc(C)c2O)c1. The fourth-order valence-corrected chi connectivity index (χ4v) is 4.18. The summed E-state index contributed by atoms with van der Waals surface area (Å²) in [5.74, 6) is -1.67. The van der Waals surface area contributed by atoms with E-state index in [0.717, 1.165) is 0 Å². The summed E-state index contributed by atoms with van der Waals surface area (Å²) in [6, 6.07) is 10.5. The zero-order valence-electron chi connectivity index (χ0n) is 16.5. The van der Waals surface area contributed by atoms with Crippen LogP contribution in [-0.4, -0.2) is 49.4 Å². The minimum Gasteiger partial charge on any atom is -0.507 e. The number of carbonyl (C=O) groups is 2. The molecule has 0 aliphatic rings. The number of amides is 1. The molecule has 0 saturated heterocycles. The van der Waals surface area contributed by atoms with Crippen molar-refractivity contribution in [3.05, 3.63) is 53.6 Å². The number of para-hydroxylation sites is 1. The van der Waals surface area contributed by atoms with Gasteiger partial charge in [-0.25, -0.2) is 13.2 Å². The van der Waals surface area contributed by atoms with Gasteiger partial charge in [-0.3, -0.25) is 4.79 Å². The Balaban J connectivity index is 2.04. The molecule has 0 atom stereocenters. The van der Waals surface area contributed by atoms with Crippen LogP contribution in [0, 0.1) is 6.92 Å². The summed E-state index contributed by atoms with van der Waals surface area (Å²) in [7, 11) is -3.66. The van der Waals surface area contributed by atoms with Crippen LogP contribution in [-0.2, 0) is 19.6 Å².